The molecule has 9 heteroatoms. The molecule has 0 aliphatic carbocycles. The van der Waals surface area contributed by atoms with Crippen LogP contribution in [0.15, 0.2) is 12.1 Å². The Morgan fingerprint density at radius 2 is 2.04 bits per heavy atom. The predicted molar refractivity (Wildman–Crippen MR) is 75.7 cm³/mol. The van der Waals surface area contributed by atoms with Gasteiger partial charge in [-0.25, -0.2) is 0 Å². The van der Waals surface area contributed by atoms with E-state index in [4.69, 9.17) is 26.8 Å². The fourth-order valence-corrected chi connectivity index (χ4v) is 3.09. The molecule has 1 fully saturated rings. The van der Waals surface area contributed by atoms with Gasteiger partial charge >= 0.3 is 6.18 Å². The number of fused-ring (bicyclic) bond motifs is 1. The number of amides is 1. The van der Waals surface area contributed by atoms with E-state index >= 15 is 0 Å². The molecule has 0 aromatic heterocycles. The largest absolute Gasteiger partial charge is 0.454 e. The number of alkyl halides is 3. The lowest BCUT2D eigenvalue weighted by atomic mass is 9.97. The van der Waals surface area contributed by atoms with Gasteiger partial charge in [0.25, 0.3) is 5.91 Å². The molecular formula is C14H14ClF3N2O3. The Morgan fingerprint density at radius 3 is 2.74 bits per heavy atom. The maximum Gasteiger partial charge on any atom is 0.408 e. The van der Waals surface area contributed by atoms with Gasteiger partial charge in [-0.05, 0) is 25.0 Å². The standard InChI is InChI=1S/C14H14ClF3N2O3/c15-9-3-7(4-10-12(9)23-6-22-10)13(21)20-5-8(19)1-2-11(20)14(16,17)18/h3-4,8,11H,1-2,5-6,19H2/t8-,11-/m0/s1. The number of nitrogens with zero attached hydrogens (tertiary/aromatic N) is 1. The van der Waals surface area contributed by atoms with Gasteiger partial charge in [0, 0.05) is 18.2 Å². The van der Waals surface area contributed by atoms with Crippen molar-refractivity contribution in [3.63, 3.8) is 0 Å². The van der Waals surface area contributed by atoms with Crippen LogP contribution < -0.4 is 15.2 Å². The zero-order valence-corrected chi connectivity index (χ0v) is 12.7. The first-order valence-corrected chi connectivity index (χ1v) is 7.37. The first-order chi connectivity index (χ1) is 10.8. The van der Waals surface area contributed by atoms with Crippen LogP contribution >= 0.6 is 11.6 Å². The number of ether oxygens (including phenoxy) is 2. The van der Waals surface area contributed by atoms with Crippen LogP contribution in [0.1, 0.15) is 23.2 Å². The van der Waals surface area contributed by atoms with Crippen LogP contribution in [-0.2, 0) is 0 Å². The van der Waals surface area contributed by atoms with Crippen LogP contribution in [-0.4, -0.2) is 42.4 Å². The Hall–Kier alpha value is -1.67. The van der Waals surface area contributed by atoms with Crippen molar-refractivity contribution in [1.82, 2.24) is 4.90 Å². The molecule has 1 aromatic rings. The quantitative estimate of drug-likeness (QED) is 0.845. The maximum atomic E-state index is 13.2. The minimum absolute atomic E-state index is 0.0163. The lowest BCUT2D eigenvalue weighted by Gasteiger charge is -2.39. The van der Waals surface area contributed by atoms with Gasteiger partial charge in [-0.3, -0.25) is 4.79 Å². The molecule has 1 amide bonds. The predicted octanol–water partition coefficient (Wildman–Crippen LogP) is 2.56. The second-order valence-corrected chi connectivity index (χ2v) is 5.95. The number of hydrogen-bond acceptors (Lipinski definition) is 4. The van der Waals surface area contributed by atoms with Crippen LogP contribution in [0, 0.1) is 0 Å². The molecular weight excluding hydrogens is 337 g/mol. The molecule has 2 aliphatic heterocycles. The van der Waals surface area contributed by atoms with E-state index in [-0.39, 0.29) is 48.3 Å². The normalized spacial score (nSPS) is 24.0. The van der Waals surface area contributed by atoms with Gasteiger partial charge in [0.15, 0.2) is 11.5 Å². The minimum atomic E-state index is -4.50. The lowest BCUT2D eigenvalue weighted by molar-refractivity contribution is -0.184. The van der Waals surface area contributed by atoms with Gasteiger partial charge < -0.3 is 20.1 Å². The smallest absolute Gasteiger partial charge is 0.408 e. The summed E-state index contributed by atoms with van der Waals surface area (Å²) in [6.07, 6.45) is -4.50. The van der Waals surface area contributed by atoms with E-state index in [0.29, 0.717) is 0 Å². The van der Waals surface area contributed by atoms with Crippen molar-refractivity contribution in [2.75, 3.05) is 13.3 Å². The maximum absolute atomic E-state index is 13.2. The summed E-state index contributed by atoms with van der Waals surface area (Å²) in [7, 11) is 0. The number of likely N-dealkylation sites (tertiary alicyclic amines) is 1. The van der Waals surface area contributed by atoms with Gasteiger partial charge in [0.2, 0.25) is 6.79 Å². The molecule has 0 spiro atoms. The van der Waals surface area contributed by atoms with Crippen LogP contribution in [0.5, 0.6) is 11.5 Å². The summed E-state index contributed by atoms with van der Waals surface area (Å²) in [5.74, 6) is -0.251. The molecule has 2 atom stereocenters. The van der Waals surface area contributed by atoms with Gasteiger partial charge in [-0.15, -0.1) is 0 Å². The lowest BCUT2D eigenvalue weighted by Crippen LogP contribution is -2.56. The Morgan fingerprint density at radius 1 is 1.30 bits per heavy atom. The molecule has 0 radical (unpaired) electrons. The molecule has 0 unspecified atom stereocenters. The van der Waals surface area contributed by atoms with Gasteiger partial charge in [-0.1, -0.05) is 11.6 Å². The van der Waals surface area contributed by atoms with Crippen molar-refractivity contribution < 1.29 is 27.4 Å². The molecule has 2 aliphatic rings. The van der Waals surface area contributed by atoms with Gasteiger partial charge in [-0.2, -0.15) is 13.2 Å². The molecule has 126 valence electrons. The number of nitrogens with two attached hydrogens (primary N) is 1. The molecule has 2 heterocycles. The Bertz CT molecular complexity index is 638. The molecule has 3 rings (SSSR count). The van der Waals surface area contributed by atoms with Crippen molar-refractivity contribution >= 4 is 17.5 Å². The number of carbonyl (C=O) groups is 1. The Kier molecular flexibility index (Phi) is 4.05. The summed E-state index contributed by atoms with van der Waals surface area (Å²) in [5.41, 5.74) is 5.75. The number of hydrogen-bond donors (Lipinski definition) is 1. The molecule has 5 nitrogen and oxygen atoms in total. The third-order valence-electron chi connectivity index (χ3n) is 3.93. The summed E-state index contributed by atoms with van der Waals surface area (Å²) in [5, 5.41) is 0.119. The summed E-state index contributed by atoms with van der Waals surface area (Å²) in [6.45, 7) is -0.207. The summed E-state index contributed by atoms with van der Waals surface area (Å²) in [6, 6.07) is 0.288. The average Bonchev–Trinajstić information content (AvgIpc) is 2.94. The third kappa shape index (κ3) is 3.05. The first kappa shape index (κ1) is 16.2. The minimum Gasteiger partial charge on any atom is -0.454 e. The monoisotopic (exact) mass is 350 g/mol. The average molecular weight is 351 g/mol. The number of halogens is 4. The molecule has 0 bridgehead atoms. The number of rotatable bonds is 1. The highest BCUT2D eigenvalue weighted by Crippen LogP contribution is 2.41. The van der Waals surface area contributed by atoms with Gasteiger partial charge in [0.1, 0.15) is 6.04 Å². The summed E-state index contributed by atoms with van der Waals surface area (Å²) in [4.78, 5) is 13.3. The van der Waals surface area contributed by atoms with Gasteiger partial charge in [0.05, 0.1) is 5.02 Å². The van der Waals surface area contributed by atoms with E-state index in [1.807, 2.05) is 0 Å². The fraction of sp³-hybridized carbons (Fsp3) is 0.500. The summed E-state index contributed by atoms with van der Waals surface area (Å²) < 4.78 is 49.8. The number of benzene rings is 1. The van der Waals surface area contributed by atoms with Crippen LogP contribution in [0.3, 0.4) is 0 Å². The Labute approximate surface area is 135 Å². The van der Waals surface area contributed by atoms with Crippen molar-refractivity contribution in [2.24, 2.45) is 5.73 Å². The van der Waals surface area contributed by atoms with E-state index in [0.717, 1.165) is 4.90 Å². The highest BCUT2D eigenvalue weighted by Gasteiger charge is 2.47. The zero-order chi connectivity index (χ0) is 16.8. The molecule has 0 saturated carbocycles. The Balaban J connectivity index is 1.93. The van der Waals surface area contributed by atoms with E-state index in [1.54, 1.807) is 0 Å². The van der Waals surface area contributed by atoms with Crippen molar-refractivity contribution in [2.45, 2.75) is 31.1 Å². The molecule has 1 aromatic carbocycles. The second-order valence-electron chi connectivity index (χ2n) is 5.54. The van der Waals surface area contributed by atoms with E-state index in [1.165, 1.54) is 12.1 Å². The fourth-order valence-electron chi connectivity index (χ4n) is 2.82. The van der Waals surface area contributed by atoms with Crippen LogP contribution in [0.4, 0.5) is 13.2 Å². The molecule has 1 saturated heterocycles. The highest BCUT2D eigenvalue weighted by molar-refractivity contribution is 6.32. The second kappa shape index (κ2) is 5.76. The van der Waals surface area contributed by atoms with E-state index < -0.39 is 24.2 Å². The SMILES string of the molecule is N[C@H]1CC[C@@H](C(F)(F)F)N(C(=O)c2cc(Cl)c3c(c2)OCO3)C1. The topological polar surface area (TPSA) is 64.8 Å². The van der Waals surface area contributed by atoms with Crippen LogP contribution in [0.25, 0.3) is 0 Å². The van der Waals surface area contributed by atoms with Crippen molar-refractivity contribution in [3.8, 4) is 11.5 Å². The third-order valence-corrected chi connectivity index (χ3v) is 4.21. The zero-order valence-electron chi connectivity index (χ0n) is 11.9. The summed E-state index contributed by atoms with van der Waals surface area (Å²) >= 11 is 5.99. The number of carbonyl (C=O) groups excluding carboxylic acids is 1. The highest BCUT2D eigenvalue weighted by atomic mass is 35.5. The van der Waals surface area contributed by atoms with Crippen LogP contribution in [0.2, 0.25) is 5.02 Å². The number of piperidine rings is 1. The molecule has 2 N–H and O–H groups in total. The van der Waals surface area contributed by atoms with E-state index in [2.05, 4.69) is 0 Å². The van der Waals surface area contributed by atoms with Crippen molar-refractivity contribution in [3.05, 3.63) is 22.7 Å². The van der Waals surface area contributed by atoms with E-state index in [9.17, 15) is 18.0 Å². The van der Waals surface area contributed by atoms with Crippen molar-refractivity contribution in [1.29, 1.82) is 0 Å². The molecule has 23 heavy (non-hydrogen) atoms. The first-order valence-electron chi connectivity index (χ1n) is 7.00.